The Labute approximate surface area is 93.6 Å². The third-order valence-corrected chi connectivity index (χ3v) is 1.41. The summed E-state index contributed by atoms with van der Waals surface area (Å²) >= 11 is 0. The van der Waals surface area contributed by atoms with Crippen molar-refractivity contribution in [2.24, 2.45) is 0 Å². The van der Waals surface area contributed by atoms with Gasteiger partial charge in [-0.3, -0.25) is 4.79 Å². The van der Waals surface area contributed by atoms with Crippen LogP contribution >= 0.6 is 9.90 Å². The number of carbonyl (C=O) groups is 1. The molecular formula is C5H12NO3PY. The molecule has 1 aliphatic heterocycles. The van der Waals surface area contributed by atoms with Crippen molar-refractivity contribution < 1.29 is 47.7 Å². The zero-order valence-electron chi connectivity index (χ0n) is 6.16. The summed E-state index contributed by atoms with van der Waals surface area (Å²) in [5.41, 5.74) is 0. The van der Waals surface area contributed by atoms with E-state index in [9.17, 15) is 4.79 Å². The van der Waals surface area contributed by atoms with E-state index >= 15 is 0 Å². The van der Waals surface area contributed by atoms with Crippen LogP contribution in [0.1, 0.15) is 6.42 Å². The van der Waals surface area contributed by atoms with Crippen LogP contribution in [0.4, 0.5) is 0 Å². The Morgan fingerprint density at radius 1 is 1.55 bits per heavy atom. The van der Waals surface area contributed by atoms with Gasteiger partial charge in [0.15, 0.2) is 0 Å². The molecular weight excluding hydrogens is 242 g/mol. The minimum atomic E-state index is -0.883. The number of nitrogens with one attached hydrogen (secondary N) is 1. The van der Waals surface area contributed by atoms with Crippen LogP contribution in [0.5, 0.6) is 0 Å². The summed E-state index contributed by atoms with van der Waals surface area (Å²) in [6.45, 7) is 0.400. The molecule has 0 aromatic carbocycles. The minimum Gasteiger partial charge on any atom is -0.480 e. The predicted octanol–water partition coefficient (Wildman–Crippen LogP) is -1.15. The van der Waals surface area contributed by atoms with Crippen LogP contribution in [0.15, 0.2) is 0 Å². The molecule has 1 fully saturated rings. The van der Waals surface area contributed by atoms with E-state index in [-0.39, 0.29) is 42.6 Å². The van der Waals surface area contributed by atoms with Crippen LogP contribution < -0.4 is 5.32 Å². The van der Waals surface area contributed by atoms with Crippen molar-refractivity contribution in [2.45, 2.75) is 18.6 Å². The fraction of sp³-hybridized carbons (Fsp3) is 0.800. The number of aliphatic hydroxyl groups is 1. The average Bonchev–Trinajstić information content (AvgIpc) is 2.14. The minimum absolute atomic E-state index is 0. The average molecular weight is 254 g/mol. The van der Waals surface area contributed by atoms with Crippen molar-refractivity contribution in [3.05, 3.63) is 0 Å². The van der Waals surface area contributed by atoms with Gasteiger partial charge in [0, 0.05) is 45.7 Å². The van der Waals surface area contributed by atoms with E-state index in [1.807, 2.05) is 0 Å². The summed E-state index contributed by atoms with van der Waals surface area (Å²) in [6.07, 6.45) is -0.152. The first-order valence-electron chi connectivity index (χ1n) is 2.84. The molecule has 3 atom stereocenters. The van der Waals surface area contributed by atoms with Gasteiger partial charge in [0.1, 0.15) is 6.04 Å². The molecule has 3 N–H and O–H groups in total. The summed E-state index contributed by atoms with van der Waals surface area (Å²) in [5, 5.41) is 19.8. The third-order valence-electron chi connectivity index (χ3n) is 1.41. The molecule has 1 rings (SSSR count). The number of aliphatic carboxylic acids is 1. The fourth-order valence-electron chi connectivity index (χ4n) is 0.905. The summed E-state index contributed by atoms with van der Waals surface area (Å²) in [4.78, 5) is 10.2. The number of hydrogen-bond donors (Lipinski definition) is 3. The zero-order chi connectivity index (χ0) is 6.85. The maximum Gasteiger partial charge on any atom is 0.320 e. The SMILES string of the molecule is O=C(O)[C@@H]1CC(O)CN1.P.[Y]. The molecule has 1 aliphatic rings. The van der Waals surface area contributed by atoms with Crippen LogP contribution in [0, 0.1) is 0 Å². The number of rotatable bonds is 1. The van der Waals surface area contributed by atoms with Gasteiger partial charge >= 0.3 is 5.97 Å². The van der Waals surface area contributed by atoms with Gasteiger partial charge in [0.05, 0.1) is 6.10 Å². The van der Waals surface area contributed by atoms with Gasteiger partial charge in [-0.25, -0.2) is 0 Å². The Hall–Kier alpha value is 0.924. The number of carboxylic acids is 1. The first-order chi connectivity index (χ1) is 4.20. The molecule has 0 spiro atoms. The number of carboxylic acid groups (broad SMARTS) is 1. The molecule has 0 aliphatic carbocycles. The molecule has 6 heteroatoms. The third kappa shape index (κ3) is 4.49. The van der Waals surface area contributed by atoms with Crippen LogP contribution in [0.25, 0.3) is 0 Å². The number of aliphatic hydroxyl groups excluding tert-OH is 1. The summed E-state index contributed by atoms with van der Waals surface area (Å²) < 4.78 is 0. The summed E-state index contributed by atoms with van der Waals surface area (Å²) in [7, 11) is 0. The van der Waals surface area contributed by atoms with Crippen LogP contribution in [0.2, 0.25) is 0 Å². The zero-order valence-corrected chi connectivity index (χ0v) is 10.4. The maximum atomic E-state index is 10.2. The van der Waals surface area contributed by atoms with Crippen LogP contribution in [-0.2, 0) is 37.5 Å². The van der Waals surface area contributed by atoms with Crippen molar-refractivity contribution in [2.75, 3.05) is 6.54 Å². The molecule has 0 bridgehead atoms. The van der Waals surface area contributed by atoms with Crippen molar-refractivity contribution in [3.8, 4) is 0 Å². The molecule has 63 valence electrons. The van der Waals surface area contributed by atoms with Crippen molar-refractivity contribution in [3.63, 3.8) is 0 Å². The second kappa shape index (κ2) is 6.44. The Bertz CT molecular complexity index is 135. The van der Waals surface area contributed by atoms with E-state index in [0.29, 0.717) is 13.0 Å². The fourth-order valence-corrected chi connectivity index (χ4v) is 0.905. The van der Waals surface area contributed by atoms with E-state index in [4.69, 9.17) is 10.2 Å². The smallest absolute Gasteiger partial charge is 0.320 e. The monoisotopic (exact) mass is 254 g/mol. The van der Waals surface area contributed by atoms with Crippen LogP contribution in [-0.4, -0.2) is 34.9 Å². The van der Waals surface area contributed by atoms with Gasteiger partial charge in [-0.1, -0.05) is 0 Å². The molecule has 11 heavy (non-hydrogen) atoms. The summed E-state index contributed by atoms with van der Waals surface area (Å²) in [6, 6.07) is -0.542. The predicted molar refractivity (Wildman–Crippen MR) is 41.2 cm³/mol. The van der Waals surface area contributed by atoms with Gasteiger partial charge in [0.2, 0.25) is 0 Å². The van der Waals surface area contributed by atoms with E-state index < -0.39 is 18.1 Å². The van der Waals surface area contributed by atoms with Crippen molar-refractivity contribution in [1.29, 1.82) is 0 Å². The second-order valence-corrected chi connectivity index (χ2v) is 2.19. The van der Waals surface area contributed by atoms with E-state index in [0.717, 1.165) is 0 Å². The Balaban J connectivity index is 0. The quantitative estimate of drug-likeness (QED) is 0.517. The topological polar surface area (TPSA) is 69.6 Å². The normalized spacial score (nSPS) is 28.5. The standard InChI is InChI=1S/C5H9NO3.H3P.Y/c7-3-1-4(5(8)9)6-2-3;;/h3-4,6-7H,1-2H2,(H,8,9);1H3;/t3?,4-;;/m0../s1. The molecule has 1 saturated heterocycles. The second-order valence-electron chi connectivity index (χ2n) is 2.19. The molecule has 0 amide bonds. The Kier molecular flexibility index (Phi) is 8.46. The van der Waals surface area contributed by atoms with Gasteiger partial charge in [0.25, 0.3) is 0 Å². The first-order valence-corrected chi connectivity index (χ1v) is 2.84. The van der Waals surface area contributed by atoms with Gasteiger partial charge < -0.3 is 15.5 Å². The first kappa shape index (κ1) is 14.4. The summed E-state index contributed by atoms with van der Waals surface area (Å²) in [5.74, 6) is -0.883. The molecule has 2 unspecified atom stereocenters. The molecule has 0 aromatic heterocycles. The van der Waals surface area contributed by atoms with Crippen LogP contribution in [0.3, 0.4) is 0 Å². The van der Waals surface area contributed by atoms with Gasteiger partial charge in [-0.05, 0) is 0 Å². The number of hydrogen-bond acceptors (Lipinski definition) is 3. The largest absolute Gasteiger partial charge is 0.480 e. The molecule has 4 nitrogen and oxygen atoms in total. The molecule has 1 heterocycles. The van der Waals surface area contributed by atoms with Crippen molar-refractivity contribution >= 4 is 15.9 Å². The Morgan fingerprint density at radius 3 is 2.27 bits per heavy atom. The van der Waals surface area contributed by atoms with E-state index in [1.54, 1.807) is 0 Å². The number of β-amino-alcohol motifs (C(OH)–C–C–N with tert-alkyl or cyclic N) is 1. The molecule has 0 aromatic rings. The maximum absolute atomic E-state index is 10.2. The van der Waals surface area contributed by atoms with E-state index in [2.05, 4.69) is 5.32 Å². The van der Waals surface area contributed by atoms with Crippen molar-refractivity contribution in [1.82, 2.24) is 5.32 Å². The molecule has 0 saturated carbocycles. The van der Waals surface area contributed by atoms with Gasteiger partial charge in [-0.2, -0.15) is 9.90 Å². The molecule has 1 radical (unpaired) electrons. The van der Waals surface area contributed by atoms with Gasteiger partial charge in [-0.15, -0.1) is 0 Å². The Morgan fingerprint density at radius 2 is 2.09 bits per heavy atom. The van der Waals surface area contributed by atoms with E-state index in [1.165, 1.54) is 0 Å².